The zero-order valence-corrected chi connectivity index (χ0v) is 24.2. The molecule has 0 saturated heterocycles. The second kappa shape index (κ2) is 13.4. The predicted octanol–water partition coefficient (Wildman–Crippen LogP) is 3.94. The molecule has 0 spiro atoms. The average molecular weight is 580 g/mol. The number of amides is 3. The summed E-state index contributed by atoms with van der Waals surface area (Å²) in [6.07, 6.45) is 1.97. The minimum atomic E-state index is -0.896. The molecular formula is C30H33N3O7S. The maximum atomic E-state index is 13.9. The van der Waals surface area contributed by atoms with E-state index in [0.717, 1.165) is 10.5 Å². The van der Waals surface area contributed by atoms with E-state index in [1.807, 2.05) is 48.9 Å². The highest BCUT2D eigenvalue weighted by Crippen LogP contribution is 2.37. The minimum Gasteiger partial charge on any atom is -0.616 e. The largest absolute Gasteiger partial charge is 0.616 e. The highest BCUT2D eigenvalue weighted by Gasteiger charge is 2.45. The Labute approximate surface area is 241 Å². The van der Waals surface area contributed by atoms with Crippen molar-refractivity contribution in [2.24, 2.45) is 0 Å². The number of imide groups is 1. The van der Waals surface area contributed by atoms with Crippen LogP contribution in [-0.2, 0) is 16.1 Å². The number of rotatable bonds is 12. The normalized spacial score (nSPS) is 14.1. The fourth-order valence-corrected chi connectivity index (χ4v) is 5.55. The Kier molecular flexibility index (Phi) is 9.74. The summed E-state index contributed by atoms with van der Waals surface area (Å²) in [4.78, 5) is 41.4. The van der Waals surface area contributed by atoms with Crippen LogP contribution in [0.15, 0.2) is 60.7 Å². The summed E-state index contributed by atoms with van der Waals surface area (Å²) in [5.41, 5.74) is 1.52. The van der Waals surface area contributed by atoms with Crippen LogP contribution in [0.1, 0.15) is 51.9 Å². The van der Waals surface area contributed by atoms with Gasteiger partial charge in [0, 0.05) is 11.8 Å². The molecule has 2 aromatic carbocycles. The lowest BCUT2D eigenvalue weighted by Gasteiger charge is -2.26. The molecule has 0 saturated carbocycles. The molecule has 0 aliphatic carbocycles. The summed E-state index contributed by atoms with van der Waals surface area (Å²) >= 11 is 0. The molecule has 0 fully saturated rings. The third kappa shape index (κ3) is 6.41. The number of hydrogen-bond donors (Lipinski definition) is 1. The summed E-state index contributed by atoms with van der Waals surface area (Å²) in [6, 6.07) is 16.4. The van der Waals surface area contributed by atoms with Gasteiger partial charge in [0.25, 0.3) is 11.8 Å². The molecule has 216 valence electrons. The molecule has 1 N–H and O–H groups in total. The quantitative estimate of drug-likeness (QED) is 0.149. The first kappa shape index (κ1) is 29.8. The lowest BCUT2D eigenvalue weighted by atomic mass is 10.1. The number of benzene rings is 2. The number of hydrogen-bond acceptors (Lipinski definition) is 7. The molecule has 1 aromatic heterocycles. The highest BCUT2D eigenvalue weighted by atomic mass is 32.2. The van der Waals surface area contributed by atoms with Crippen molar-refractivity contribution < 1.29 is 33.3 Å². The van der Waals surface area contributed by atoms with Gasteiger partial charge in [0.05, 0.1) is 37.1 Å². The van der Waals surface area contributed by atoms with Gasteiger partial charge in [0.2, 0.25) is 17.4 Å². The molecule has 10 nitrogen and oxygen atoms in total. The van der Waals surface area contributed by atoms with Gasteiger partial charge in [-0.25, -0.2) is 0 Å². The van der Waals surface area contributed by atoms with Gasteiger partial charge >= 0.3 is 5.88 Å². The maximum Gasteiger partial charge on any atom is 0.423 e. The number of carbonyl (C=O) groups is 3. The van der Waals surface area contributed by atoms with Gasteiger partial charge < -0.3 is 24.7 Å². The van der Waals surface area contributed by atoms with Crippen molar-refractivity contribution >= 4 is 39.3 Å². The third-order valence-electron chi connectivity index (χ3n) is 6.58. The summed E-state index contributed by atoms with van der Waals surface area (Å²) in [5, 5.41) is 18.2. The summed E-state index contributed by atoms with van der Waals surface area (Å²) < 4.78 is 16.9. The monoisotopic (exact) mass is 579 g/mol. The summed E-state index contributed by atoms with van der Waals surface area (Å²) in [6.45, 7) is 3.87. The Morgan fingerprint density at radius 2 is 1.85 bits per heavy atom. The van der Waals surface area contributed by atoms with Gasteiger partial charge in [0.1, 0.15) is 12.6 Å². The SMILES string of the molecule is C/C=S(/C)C[C@@H](c1ccc(OC)c(OCC)[n+]1[O-])N1C(=O)c2cccc(NC(=O)COCc3ccccc3)c2C1=O. The lowest BCUT2D eigenvalue weighted by Crippen LogP contribution is -2.44. The van der Waals surface area contributed by atoms with Crippen LogP contribution in [0.5, 0.6) is 11.6 Å². The Morgan fingerprint density at radius 1 is 1.10 bits per heavy atom. The number of ether oxygens (including phenoxy) is 3. The average Bonchev–Trinajstić information content (AvgIpc) is 3.23. The Bertz CT molecular complexity index is 1480. The molecule has 1 aliphatic rings. The zero-order valence-electron chi connectivity index (χ0n) is 23.4. The van der Waals surface area contributed by atoms with E-state index in [4.69, 9.17) is 14.2 Å². The number of nitrogens with zero attached hydrogens (tertiary/aromatic N) is 2. The van der Waals surface area contributed by atoms with Gasteiger partial charge in [-0.2, -0.15) is 10.5 Å². The van der Waals surface area contributed by atoms with Gasteiger partial charge in [-0.3, -0.25) is 19.3 Å². The van der Waals surface area contributed by atoms with Gasteiger partial charge in [-0.05, 0) is 43.9 Å². The van der Waals surface area contributed by atoms with Crippen LogP contribution < -0.4 is 19.5 Å². The number of anilines is 1. The maximum absolute atomic E-state index is 13.9. The standard InChI is InChI=1S/C30H33N3O7S/c1-5-40-30-25(38-3)16-15-23(33(30)37)24(19-41(4)6-2)32-28(35)21-13-10-14-22(27(21)29(32)36)31-26(34)18-39-17-20-11-8-7-9-12-20/h6-16,24H,5,17-19H2,1-4H3,(H,31,34)/t24-,41?/m0/s1. The molecule has 3 aromatic rings. The van der Waals surface area contributed by atoms with E-state index in [-0.39, 0.29) is 64.4 Å². The Morgan fingerprint density at radius 3 is 2.54 bits per heavy atom. The fraction of sp³-hybridized carbons (Fsp3) is 0.300. The molecule has 1 aliphatic heterocycles. The molecule has 2 heterocycles. The number of carbonyl (C=O) groups excluding carboxylic acids is 3. The Balaban J connectivity index is 1.63. The Hall–Kier alpha value is -4.22. The van der Waals surface area contributed by atoms with Crippen molar-refractivity contribution in [2.75, 3.05) is 37.6 Å². The number of nitrogens with one attached hydrogen (secondary N) is 1. The molecule has 3 amide bonds. The van der Waals surface area contributed by atoms with E-state index in [0.29, 0.717) is 10.5 Å². The second-order valence-electron chi connectivity index (χ2n) is 9.20. The van der Waals surface area contributed by atoms with Crippen molar-refractivity contribution in [3.05, 3.63) is 88.3 Å². The van der Waals surface area contributed by atoms with Crippen molar-refractivity contribution in [3.63, 3.8) is 0 Å². The first-order chi connectivity index (χ1) is 19.8. The molecule has 1 unspecified atom stereocenters. The molecule has 4 rings (SSSR count). The van der Waals surface area contributed by atoms with E-state index in [1.165, 1.54) is 13.2 Å². The molecule has 11 heteroatoms. The van der Waals surface area contributed by atoms with Crippen molar-refractivity contribution in [1.29, 1.82) is 0 Å². The van der Waals surface area contributed by atoms with E-state index < -0.39 is 23.8 Å². The number of aromatic nitrogens is 1. The number of fused-ring (bicyclic) bond motifs is 1. The van der Waals surface area contributed by atoms with Crippen LogP contribution in [0.4, 0.5) is 5.69 Å². The van der Waals surface area contributed by atoms with Crippen LogP contribution in [0.2, 0.25) is 0 Å². The summed E-state index contributed by atoms with van der Waals surface area (Å²) in [7, 11) is 1.09. The molecular weight excluding hydrogens is 546 g/mol. The molecule has 0 radical (unpaired) electrons. The molecule has 2 atom stereocenters. The van der Waals surface area contributed by atoms with Crippen LogP contribution in [0.25, 0.3) is 0 Å². The summed E-state index contributed by atoms with van der Waals surface area (Å²) in [5.74, 6) is -1.09. The smallest absolute Gasteiger partial charge is 0.423 e. The van der Waals surface area contributed by atoms with Crippen LogP contribution in [0.3, 0.4) is 0 Å². The van der Waals surface area contributed by atoms with Crippen LogP contribution in [0, 0.1) is 5.21 Å². The van der Waals surface area contributed by atoms with Crippen molar-refractivity contribution in [3.8, 4) is 11.6 Å². The van der Waals surface area contributed by atoms with Crippen molar-refractivity contribution in [2.45, 2.75) is 26.5 Å². The first-order valence-electron chi connectivity index (χ1n) is 13.1. The van der Waals surface area contributed by atoms with Gasteiger partial charge in [0.15, 0.2) is 0 Å². The first-order valence-corrected chi connectivity index (χ1v) is 14.9. The molecule has 41 heavy (non-hydrogen) atoms. The van der Waals surface area contributed by atoms with Crippen LogP contribution >= 0.6 is 10.5 Å². The lowest BCUT2D eigenvalue weighted by molar-refractivity contribution is -0.623. The van der Waals surface area contributed by atoms with E-state index in [2.05, 4.69) is 5.32 Å². The van der Waals surface area contributed by atoms with Gasteiger partial charge in [-0.1, -0.05) is 41.8 Å². The minimum absolute atomic E-state index is 0.0472. The fourth-order valence-electron chi connectivity index (χ4n) is 4.54. The van der Waals surface area contributed by atoms with E-state index in [1.54, 1.807) is 31.2 Å². The predicted molar refractivity (Wildman–Crippen MR) is 158 cm³/mol. The van der Waals surface area contributed by atoms with Gasteiger partial charge in [-0.15, -0.1) is 4.73 Å². The second-order valence-corrected chi connectivity index (χ2v) is 11.4. The zero-order chi connectivity index (χ0) is 29.5. The van der Waals surface area contributed by atoms with E-state index in [9.17, 15) is 19.6 Å². The van der Waals surface area contributed by atoms with E-state index >= 15 is 0 Å². The number of methoxy groups -OCH3 is 1. The van der Waals surface area contributed by atoms with Crippen LogP contribution in [-0.4, -0.2) is 60.3 Å². The third-order valence-corrected chi connectivity index (χ3v) is 8.22. The molecule has 0 bridgehead atoms. The topological polar surface area (TPSA) is 121 Å². The number of pyridine rings is 1. The highest BCUT2D eigenvalue weighted by molar-refractivity contribution is 8.14. The van der Waals surface area contributed by atoms with Crippen molar-refractivity contribution in [1.82, 2.24) is 4.90 Å².